The molecule has 1 aliphatic rings. The van der Waals surface area contributed by atoms with Crippen LogP contribution in [-0.2, 0) is 4.79 Å². The van der Waals surface area contributed by atoms with Gasteiger partial charge in [-0.2, -0.15) is 0 Å². The summed E-state index contributed by atoms with van der Waals surface area (Å²) in [5.41, 5.74) is 4.47. The topological polar surface area (TPSA) is 49.6 Å². The molecule has 1 aliphatic heterocycles. The van der Waals surface area contributed by atoms with Crippen LogP contribution >= 0.6 is 0 Å². The molecule has 0 radical (unpaired) electrons. The molecule has 4 nitrogen and oxygen atoms in total. The highest BCUT2D eigenvalue weighted by Crippen LogP contribution is 2.18. The van der Waals surface area contributed by atoms with E-state index in [-0.39, 0.29) is 0 Å². The minimum Gasteiger partial charge on any atom is -0.448 e. The van der Waals surface area contributed by atoms with Crippen LogP contribution in [0.3, 0.4) is 0 Å². The molecule has 0 unspecified atom stereocenters. The molecule has 1 saturated heterocycles. The highest BCUT2D eigenvalue weighted by atomic mass is 19.4. The average Bonchev–Trinajstić information content (AvgIpc) is 2.15. The summed E-state index contributed by atoms with van der Waals surface area (Å²) in [6, 6.07) is 0. The van der Waals surface area contributed by atoms with Crippen molar-refractivity contribution in [1.29, 1.82) is 0 Å². The smallest absolute Gasteiger partial charge is 0.448 e. The van der Waals surface area contributed by atoms with Crippen molar-refractivity contribution in [2.75, 3.05) is 32.6 Å². The fourth-order valence-corrected chi connectivity index (χ4v) is 1.94. The maximum absolute atomic E-state index is 12.2. The summed E-state index contributed by atoms with van der Waals surface area (Å²) >= 11 is 0. The van der Waals surface area contributed by atoms with E-state index < -0.39 is 24.9 Å². The highest BCUT2D eigenvalue weighted by molar-refractivity contribution is 6.58. The number of rotatable bonds is 4. The second-order valence-corrected chi connectivity index (χ2v) is 4.92. The summed E-state index contributed by atoms with van der Waals surface area (Å²) in [5, 5.41) is 0. The third-order valence-corrected chi connectivity index (χ3v) is 3.23. The lowest BCUT2D eigenvalue weighted by Crippen LogP contribution is -2.60. The molecule has 1 amide bonds. The number of primary amides is 1. The maximum atomic E-state index is 12.2. The number of carbonyl (C=O) groups is 1. The highest BCUT2D eigenvalue weighted by Gasteiger charge is 2.36. The number of hydrogen-bond acceptors (Lipinski definition) is 3. The van der Waals surface area contributed by atoms with Gasteiger partial charge in [0, 0.05) is 26.2 Å². The minimum atomic E-state index is -4.77. The Morgan fingerprint density at radius 2 is 1.71 bits per heavy atom. The molecule has 0 saturated carbocycles. The summed E-state index contributed by atoms with van der Waals surface area (Å²) in [4.78, 5) is 14.4. The van der Waals surface area contributed by atoms with Gasteiger partial charge in [0.05, 0.1) is 5.54 Å². The second kappa shape index (κ2) is 4.85. The van der Waals surface area contributed by atoms with E-state index in [0.717, 1.165) is 0 Å². The van der Waals surface area contributed by atoms with Crippen LogP contribution in [0.2, 0.25) is 0 Å². The van der Waals surface area contributed by atoms with Gasteiger partial charge in [0.2, 0.25) is 5.91 Å². The zero-order valence-electron chi connectivity index (χ0n) is 10.1. The molecule has 0 aromatic carbocycles. The Labute approximate surface area is 99.0 Å². The van der Waals surface area contributed by atoms with E-state index in [1.165, 1.54) is 4.90 Å². The van der Waals surface area contributed by atoms with Crippen molar-refractivity contribution < 1.29 is 17.7 Å². The summed E-state index contributed by atoms with van der Waals surface area (Å²) in [6.07, 6.45) is -0.829. The zero-order chi connectivity index (χ0) is 13.3. The Morgan fingerprint density at radius 3 is 2.06 bits per heavy atom. The van der Waals surface area contributed by atoms with Crippen LogP contribution in [0.25, 0.3) is 0 Å². The van der Waals surface area contributed by atoms with Gasteiger partial charge in [-0.25, -0.2) is 0 Å². The van der Waals surface area contributed by atoms with Crippen LogP contribution in [0.4, 0.5) is 12.9 Å². The molecule has 1 heterocycles. The molecule has 100 valence electrons. The van der Waals surface area contributed by atoms with Crippen molar-refractivity contribution >= 4 is 12.9 Å². The standard InChI is InChI=1S/C9H18BF3N3O/c1-9(2,8(14)17)16-5-3-15(4-6-16)7-10(11,12)13/h3-7H2,1-2H3,(H2,14,17)/q-1. The molecule has 8 heteroatoms. The molecule has 1 rings (SSSR count). The molecule has 0 spiro atoms. The molecule has 17 heavy (non-hydrogen) atoms. The van der Waals surface area contributed by atoms with Gasteiger partial charge in [0.15, 0.2) is 0 Å². The maximum Gasteiger partial charge on any atom is 0.492 e. The van der Waals surface area contributed by atoms with Crippen molar-refractivity contribution in [2.45, 2.75) is 19.4 Å². The predicted octanol–water partition coefficient (Wildman–Crippen LogP) is 0.254. The lowest BCUT2D eigenvalue weighted by atomic mass is 9.90. The van der Waals surface area contributed by atoms with Crippen LogP contribution in [0, 0.1) is 0 Å². The summed E-state index contributed by atoms with van der Waals surface area (Å²) < 4.78 is 36.7. The first kappa shape index (κ1) is 14.3. The van der Waals surface area contributed by atoms with Crippen molar-refractivity contribution in [3.05, 3.63) is 0 Å². The largest absolute Gasteiger partial charge is 0.492 e. The van der Waals surface area contributed by atoms with Crippen molar-refractivity contribution in [1.82, 2.24) is 9.80 Å². The van der Waals surface area contributed by atoms with E-state index in [9.17, 15) is 17.7 Å². The third kappa shape index (κ3) is 3.88. The SMILES string of the molecule is CC(C)(C(N)=O)N1CCN(C[B-](F)(F)F)CC1. The monoisotopic (exact) mass is 252 g/mol. The van der Waals surface area contributed by atoms with Crippen LogP contribution < -0.4 is 5.73 Å². The lowest BCUT2D eigenvalue weighted by Gasteiger charge is -2.43. The van der Waals surface area contributed by atoms with Crippen molar-refractivity contribution in [3.8, 4) is 0 Å². The lowest BCUT2D eigenvalue weighted by molar-refractivity contribution is -0.129. The van der Waals surface area contributed by atoms with E-state index in [1.807, 2.05) is 4.90 Å². The van der Waals surface area contributed by atoms with Crippen LogP contribution in [-0.4, -0.2) is 60.8 Å². The number of nitrogens with two attached hydrogens (primary N) is 1. The molecule has 0 aliphatic carbocycles. The van der Waals surface area contributed by atoms with Gasteiger partial charge in [0.25, 0.3) is 0 Å². The molecule has 0 atom stereocenters. The first-order valence-electron chi connectivity index (χ1n) is 5.61. The number of carbonyl (C=O) groups excluding carboxylic acids is 1. The Balaban J connectivity index is 2.49. The van der Waals surface area contributed by atoms with Crippen molar-refractivity contribution in [2.24, 2.45) is 5.73 Å². The van der Waals surface area contributed by atoms with E-state index in [4.69, 9.17) is 5.73 Å². The number of hydrogen-bond donors (Lipinski definition) is 1. The van der Waals surface area contributed by atoms with Gasteiger partial charge in [0.1, 0.15) is 0 Å². The summed E-state index contributed by atoms with van der Waals surface area (Å²) in [5.74, 6) is -0.453. The molecule has 0 aromatic heterocycles. The Bertz CT molecular complexity index is 288. The molecule has 2 N–H and O–H groups in total. The molecule has 1 fully saturated rings. The van der Waals surface area contributed by atoms with Crippen LogP contribution in [0.15, 0.2) is 0 Å². The average molecular weight is 252 g/mol. The summed E-state index contributed by atoms with van der Waals surface area (Å²) in [7, 11) is 0. The Morgan fingerprint density at radius 1 is 1.24 bits per heavy atom. The van der Waals surface area contributed by atoms with Gasteiger partial charge >= 0.3 is 6.98 Å². The zero-order valence-corrected chi connectivity index (χ0v) is 10.1. The molecule has 0 aromatic rings. The van der Waals surface area contributed by atoms with Gasteiger partial charge < -0.3 is 23.6 Å². The first-order chi connectivity index (χ1) is 7.63. The Kier molecular flexibility index (Phi) is 4.08. The number of nitrogens with zero attached hydrogens (tertiary/aromatic N) is 2. The molecule has 0 bridgehead atoms. The van der Waals surface area contributed by atoms with E-state index in [0.29, 0.717) is 26.2 Å². The normalized spacial score (nSPS) is 20.5. The first-order valence-corrected chi connectivity index (χ1v) is 5.61. The van der Waals surface area contributed by atoms with E-state index in [2.05, 4.69) is 0 Å². The van der Waals surface area contributed by atoms with Gasteiger partial charge in [-0.3, -0.25) is 9.69 Å². The fraction of sp³-hybridized carbons (Fsp3) is 0.889. The minimum absolute atomic E-state index is 0.317. The number of halogens is 3. The molecular weight excluding hydrogens is 234 g/mol. The fourth-order valence-electron chi connectivity index (χ4n) is 1.94. The van der Waals surface area contributed by atoms with Crippen LogP contribution in [0.5, 0.6) is 0 Å². The van der Waals surface area contributed by atoms with E-state index >= 15 is 0 Å². The number of amides is 1. The predicted molar refractivity (Wildman–Crippen MR) is 60.4 cm³/mol. The summed E-state index contributed by atoms with van der Waals surface area (Å²) in [6.45, 7) is 0.112. The Hall–Kier alpha value is -0.755. The third-order valence-electron chi connectivity index (χ3n) is 3.23. The van der Waals surface area contributed by atoms with Gasteiger partial charge in [-0.1, -0.05) is 0 Å². The number of piperazine rings is 1. The van der Waals surface area contributed by atoms with Gasteiger partial charge in [-0.05, 0) is 20.3 Å². The van der Waals surface area contributed by atoms with Crippen LogP contribution in [0.1, 0.15) is 13.8 Å². The van der Waals surface area contributed by atoms with Gasteiger partial charge in [-0.15, -0.1) is 0 Å². The van der Waals surface area contributed by atoms with E-state index in [1.54, 1.807) is 13.8 Å². The second-order valence-electron chi connectivity index (χ2n) is 4.92. The van der Waals surface area contributed by atoms with Crippen molar-refractivity contribution in [3.63, 3.8) is 0 Å². The molecular formula is C9H18BF3N3O-. The quantitative estimate of drug-likeness (QED) is 0.730.